The summed E-state index contributed by atoms with van der Waals surface area (Å²) in [6, 6.07) is 4.76. The van der Waals surface area contributed by atoms with E-state index in [1.54, 1.807) is 35.3 Å². The number of amides is 1. The van der Waals surface area contributed by atoms with E-state index in [9.17, 15) is 13.2 Å². The number of carbonyl (C=O) groups is 1. The summed E-state index contributed by atoms with van der Waals surface area (Å²) in [6.07, 6.45) is 3.91. The van der Waals surface area contributed by atoms with Gasteiger partial charge in [-0.2, -0.15) is 5.10 Å². The number of carbonyl (C=O) groups excluding carboxylic acids is 1. The average molecular weight is 309 g/mol. The Morgan fingerprint density at radius 3 is 3.00 bits per heavy atom. The minimum Gasteiger partial charge on any atom is -0.454 e. The fraction of sp³-hybridized carbons (Fsp3) is 0.385. The van der Waals surface area contributed by atoms with Crippen LogP contribution in [-0.4, -0.2) is 41.7 Å². The van der Waals surface area contributed by atoms with Crippen LogP contribution in [0.4, 0.5) is 0 Å². The highest BCUT2D eigenvalue weighted by Crippen LogP contribution is 2.14. The molecule has 0 aliphatic carbocycles. The second-order valence-corrected chi connectivity index (χ2v) is 7.27. The summed E-state index contributed by atoms with van der Waals surface area (Å²) in [7, 11) is -3.01. The zero-order valence-corrected chi connectivity index (χ0v) is 12.0. The topological polar surface area (TPSA) is 94.2 Å². The van der Waals surface area contributed by atoms with Crippen molar-refractivity contribution >= 4 is 15.7 Å². The lowest BCUT2D eigenvalue weighted by molar-refractivity contribution is 0.0911. The lowest BCUT2D eigenvalue weighted by Gasteiger charge is -2.08. The summed E-state index contributed by atoms with van der Waals surface area (Å²) in [5.41, 5.74) is 0. The third-order valence-corrected chi connectivity index (χ3v) is 5.10. The van der Waals surface area contributed by atoms with E-state index in [4.69, 9.17) is 4.42 Å². The molecule has 0 saturated carbocycles. The van der Waals surface area contributed by atoms with Crippen molar-refractivity contribution in [3.8, 4) is 0 Å². The monoisotopic (exact) mass is 309 g/mol. The Labute approximate surface area is 121 Å². The van der Waals surface area contributed by atoms with Crippen LogP contribution in [0.3, 0.4) is 0 Å². The second kappa shape index (κ2) is 5.36. The van der Waals surface area contributed by atoms with Gasteiger partial charge in [0, 0.05) is 18.4 Å². The first-order chi connectivity index (χ1) is 10.0. The van der Waals surface area contributed by atoms with Gasteiger partial charge in [0.05, 0.1) is 18.1 Å². The fourth-order valence-electron chi connectivity index (χ4n) is 2.30. The lowest BCUT2D eigenvalue weighted by atomic mass is 10.2. The zero-order valence-electron chi connectivity index (χ0n) is 11.2. The molecule has 0 radical (unpaired) electrons. The van der Waals surface area contributed by atoms with Crippen molar-refractivity contribution in [2.45, 2.75) is 19.0 Å². The van der Waals surface area contributed by atoms with Crippen LogP contribution >= 0.6 is 0 Å². The molecule has 21 heavy (non-hydrogen) atoms. The van der Waals surface area contributed by atoms with Crippen LogP contribution < -0.4 is 5.32 Å². The highest BCUT2D eigenvalue weighted by molar-refractivity contribution is 7.91. The molecule has 7 nitrogen and oxygen atoms in total. The van der Waals surface area contributed by atoms with Crippen LogP contribution in [0.25, 0.3) is 0 Å². The third-order valence-electron chi connectivity index (χ3n) is 3.33. The van der Waals surface area contributed by atoms with Crippen LogP contribution in [-0.2, 0) is 16.4 Å². The van der Waals surface area contributed by atoms with Crippen molar-refractivity contribution < 1.29 is 17.6 Å². The summed E-state index contributed by atoms with van der Waals surface area (Å²) in [5, 5.41) is 6.74. The molecule has 1 unspecified atom stereocenters. The number of furan rings is 1. The maximum Gasteiger partial charge on any atom is 0.287 e. The largest absolute Gasteiger partial charge is 0.454 e. The van der Waals surface area contributed by atoms with Crippen LogP contribution in [0, 0.1) is 0 Å². The van der Waals surface area contributed by atoms with E-state index in [1.807, 2.05) is 0 Å². The smallest absolute Gasteiger partial charge is 0.287 e. The van der Waals surface area contributed by atoms with Crippen LogP contribution in [0.2, 0.25) is 0 Å². The number of rotatable bonds is 4. The molecule has 1 N–H and O–H groups in total. The number of hydrogen-bond acceptors (Lipinski definition) is 5. The summed E-state index contributed by atoms with van der Waals surface area (Å²) >= 11 is 0. The van der Waals surface area contributed by atoms with Gasteiger partial charge in [0.25, 0.3) is 5.91 Å². The third kappa shape index (κ3) is 3.33. The molecule has 2 aromatic heterocycles. The molecule has 3 rings (SSSR count). The maximum absolute atomic E-state index is 12.0. The van der Waals surface area contributed by atoms with Gasteiger partial charge in [-0.25, -0.2) is 8.42 Å². The minimum absolute atomic E-state index is 0.000404. The fourth-order valence-corrected chi connectivity index (χ4v) is 3.98. The van der Waals surface area contributed by atoms with Crippen molar-refractivity contribution in [3.05, 3.63) is 42.1 Å². The predicted molar refractivity (Wildman–Crippen MR) is 74.6 cm³/mol. The summed E-state index contributed by atoms with van der Waals surface area (Å²) in [4.78, 5) is 12.0. The van der Waals surface area contributed by atoms with Crippen molar-refractivity contribution in [1.29, 1.82) is 0 Å². The van der Waals surface area contributed by atoms with Crippen molar-refractivity contribution in [1.82, 2.24) is 15.1 Å². The van der Waals surface area contributed by atoms with Crippen LogP contribution in [0.1, 0.15) is 22.7 Å². The van der Waals surface area contributed by atoms with E-state index >= 15 is 0 Å². The Hall–Kier alpha value is -2.09. The predicted octanol–water partition coefficient (Wildman–Crippen LogP) is 0.441. The molecule has 0 aromatic carbocycles. The van der Waals surface area contributed by atoms with Gasteiger partial charge in [-0.05, 0) is 24.6 Å². The quantitative estimate of drug-likeness (QED) is 0.884. The number of hydrogen-bond donors (Lipinski definition) is 1. The second-order valence-electron chi connectivity index (χ2n) is 5.04. The first kappa shape index (κ1) is 13.9. The van der Waals surface area contributed by atoms with Gasteiger partial charge in [0.15, 0.2) is 15.6 Å². The van der Waals surface area contributed by atoms with Gasteiger partial charge in [-0.3, -0.25) is 9.48 Å². The number of nitrogens with one attached hydrogen (secondary N) is 1. The van der Waals surface area contributed by atoms with Crippen molar-refractivity contribution in [2.75, 3.05) is 11.5 Å². The van der Waals surface area contributed by atoms with E-state index in [1.165, 1.54) is 0 Å². The first-order valence-electron chi connectivity index (χ1n) is 6.59. The molecule has 3 heterocycles. The van der Waals surface area contributed by atoms with E-state index in [-0.39, 0.29) is 29.2 Å². The van der Waals surface area contributed by atoms with Gasteiger partial charge >= 0.3 is 0 Å². The molecule has 1 atom stereocenters. The highest BCUT2D eigenvalue weighted by atomic mass is 32.2. The van der Waals surface area contributed by atoms with E-state index in [2.05, 4.69) is 10.4 Å². The van der Waals surface area contributed by atoms with Gasteiger partial charge < -0.3 is 9.73 Å². The van der Waals surface area contributed by atoms with Gasteiger partial charge in [-0.15, -0.1) is 0 Å². The molecule has 1 fully saturated rings. The normalized spacial score (nSPS) is 20.5. The number of sulfone groups is 1. The summed E-state index contributed by atoms with van der Waals surface area (Å²) in [6.45, 7) is 0.443. The van der Waals surface area contributed by atoms with Crippen molar-refractivity contribution in [2.24, 2.45) is 0 Å². The Morgan fingerprint density at radius 1 is 1.48 bits per heavy atom. The molecule has 112 valence electrons. The molecule has 1 aliphatic heterocycles. The average Bonchev–Trinajstić information content (AvgIpc) is 3.12. The molecule has 1 amide bonds. The van der Waals surface area contributed by atoms with Crippen LogP contribution in [0.15, 0.2) is 35.0 Å². The standard InChI is InChI=1S/C13H15N3O4S/c17-13(15-10-4-7-21(18,19)9-10)12-3-2-11(20-12)8-16-6-1-5-14-16/h1-3,5-6,10H,4,7-9H2,(H,15,17). The maximum atomic E-state index is 12.0. The molecular weight excluding hydrogens is 294 g/mol. The van der Waals surface area contributed by atoms with Gasteiger partial charge in [-0.1, -0.05) is 0 Å². The van der Waals surface area contributed by atoms with Crippen molar-refractivity contribution in [3.63, 3.8) is 0 Å². The van der Waals surface area contributed by atoms with Gasteiger partial charge in [0.1, 0.15) is 5.76 Å². The molecular formula is C13H15N3O4S. The summed E-state index contributed by atoms with van der Waals surface area (Å²) in [5.74, 6) is 0.536. The number of nitrogens with zero attached hydrogens (tertiary/aromatic N) is 2. The summed E-state index contributed by atoms with van der Waals surface area (Å²) < 4.78 is 29.9. The Morgan fingerprint density at radius 2 is 2.33 bits per heavy atom. The molecule has 1 saturated heterocycles. The Kier molecular flexibility index (Phi) is 3.54. The van der Waals surface area contributed by atoms with E-state index < -0.39 is 9.84 Å². The minimum atomic E-state index is -3.01. The Balaban J connectivity index is 1.62. The molecule has 0 bridgehead atoms. The zero-order chi connectivity index (χ0) is 14.9. The Bertz CT molecular complexity index is 733. The molecule has 1 aliphatic rings. The van der Waals surface area contributed by atoms with E-state index in [0.717, 1.165) is 0 Å². The van der Waals surface area contributed by atoms with E-state index in [0.29, 0.717) is 18.7 Å². The number of aromatic nitrogens is 2. The SMILES string of the molecule is O=C(NC1CCS(=O)(=O)C1)c1ccc(Cn2cccn2)o1. The highest BCUT2D eigenvalue weighted by Gasteiger charge is 2.29. The van der Waals surface area contributed by atoms with Crippen LogP contribution in [0.5, 0.6) is 0 Å². The molecule has 8 heteroatoms. The lowest BCUT2D eigenvalue weighted by Crippen LogP contribution is -2.35. The molecule has 0 spiro atoms. The van der Waals surface area contributed by atoms with Gasteiger partial charge in [0.2, 0.25) is 0 Å². The molecule has 2 aromatic rings. The first-order valence-corrected chi connectivity index (χ1v) is 8.41.